The maximum Gasteiger partial charge on any atom is 0.0410 e. The third-order valence-electron chi connectivity index (χ3n) is 4.09. The molecule has 1 heteroatoms. The smallest absolute Gasteiger partial charge is 0.0410 e. The van der Waals surface area contributed by atoms with E-state index in [2.05, 4.69) is 45.0 Å². The van der Waals surface area contributed by atoms with Crippen molar-refractivity contribution in [3.63, 3.8) is 0 Å². The Kier molecular flexibility index (Phi) is 2.83. The van der Waals surface area contributed by atoms with Gasteiger partial charge in [0.05, 0.1) is 0 Å². The summed E-state index contributed by atoms with van der Waals surface area (Å²) in [6.07, 6.45) is 4.70. The molecule has 1 nitrogen and oxygen atoms in total. The molecule has 1 fully saturated rings. The molecule has 2 N–H and O–H groups in total. The molecule has 0 radical (unpaired) electrons. The second-order valence-corrected chi connectivity index (χ2v) is 6.19. The van der Waals surface area contributed by atoms with E-state index in [4.69, 9.17) is 5.73 Å². The number of aryl methyl sites for hydroxylation is 1. The highest BCUT2D eigenvalue weighted by Crippen LogP contribution is 2.43. The summed E-state index contributed by atoms with van der Waals surface area (Å²) >= 11 is 0. The van der Waals surface area contributed by atoms with E-state index < -0.39 is 0 Å². The van der Waals surface area contributed by atoms with Crippen molar-refractivity contribution in [2.24, 2.45) is 11.1 Å². The first kappa shape index (κ1) is 11.7. The van der Waals surface area contributed by atoms with Gasteiger partial charge in [-0.2, -0.15) is 0 Å². The zero-order chi connectivity index (χ0) is 11.8. The van der Waals surface area contributed by atoms with Gasteiger partial charge >= 0.3 is 0 Å². The molecule has 0 spiro atoms. The van der Waals surface area contributed by atoms with Crippen molar-refractivity contribution in [2.45, 2.75) is 52.0 Å². The number of hydrogen-bond donors (Lipinski definition) is 1. The second kappa shape index (κ2) is 3.89. The molecule has 1 aromatic rings. The Morgan fingerprint density at radius 3 is 2.25 bits per heavy atom. The molecule has 0 aliphatic heterocycles. The van der Waals surface area contributed by atoms with Gasteiger partial charge in [0.15, 0.2) is 0 Å². The zero-order valence-electron chi connectivity index (χ0n) is 10.7. The summed E-state index contributed by atoms with van der Waals surface area (Å²) in [5, 5.41) is 0. The van der Waals surface area contributed by atoms with Crippen molar-refractivity contribution in [1.82, 2.24) is 0 Å². The summed E-state index contributed by atoms with van der Waals surface area (Å²) < 4.78 is 0. The van der Waals surface area contributed by atoms with Crippen LogP contribution in [-0.4, -0.2) is 0 Å². The molecule has 2 rings (SSSR count). The van der Waals surface area contributed by atoms with E-state index in [-0.39, 0.29) is 5.54 Å². The predicted octanol–water partition coefficient (Wildman–Crippen LogP) is 3.75. The topological polar surface area (TPSA) is 26.0 Å². The van der Waals surface area contributed by atoms with Gasteiger partial charge in [-0.15, -0.1) is 0 Å². The highest BCUT2D eigenvalue weighted by Gasteiger charge is 2.36. The van der Waals surface area contributed by atoms with Crippen LogP contribution >= 0.6 is 0 Å². The second-order valence-electron chi connectivity index (χ2n) is 6.19. The van der Waals surface area contributed by atoms with E-state index in [0.29, 0.717) is 5.41 Å². The predicted molar refractivity (Wildman–Crippen MR) is 69.3 cm³/mol. The molecule has 0 bridgehead atoms. The molecule has 1 aliphatic rings. The van der Waals surface area contributed by atoms with Crippen LogP contribution in [0.15, 0.2) is 24.3 Å². The maximum absolute atomic E-state index is 6.57. The van der Waals surface area contributed by atoms with E-state index in [1.165, 1.54) is 24.0 Å². The van der Waals surface area contributed by atoms with Gasteiger partial charge in [-0.3, -0.25) is 0 Å². The van der Waals surface area contributed by atoms with Gasteiger partial charge in [0, 0.05) is 5.54 Å². The Labute approximate surface area is 99.0 Å². The summed E-state index contributed by atoms with van der Waals surface area (Å²) in [6, 6.07) is 8.70. The fourth-order valence-electron chi connectivity index (χ4n) is 2.62. The summed E-state index contributed by atoms with van der Waals surface area (Å²) in [5.74, 6) is 0. The van der Waals surface area contributed by atoms with Gasteiger partial charge in [-0.25, -0.2) is 0 Å². The molecule has 1 aromatic carbocycles. The van der Waals surface area contributed by atoms with E-state index in [1.807, 2.05) is 0 Å². The molecule has 0 aromatic heterocycles. The van der Waals surface area contributed by atoms with Gasteiger partial charge in [0.1, 0.15) is 0 Å². The van der Waals surface area contributed by atoms with E-state index in [0.717, 1.165) is 12.8 Å². The lowest BCUT2D eigenvalue weighted by atomic mass is 9.67. The third-order valence-corrected chi connectivity index (χ3v) is 4.09. The minimum absolute atomic E-state index is 0.0818. The Morgan fingerprint density at radius 1 is 1.06 bits per heavy atom. The number of benzene rings is 1. The van der Waals surface area contributed by atoms with Crippen LogP contribution in [0, 0.1) is 12.3 Å². The fourth-order valence-corrected chi connectivity index (χ4v) is 2.62. The lowest BCUT2D eigenvalue weighted by Crippen LogP contribution is -2.42. The standard InChI is InChI=1S/C15H23N/c1-12-5-4-6-13(11-12)15(16)9-7-14(2,3)8-10-15/h4-6,11H,7-10,16H2,1-3H3. The van der Waals surface area contributed by atoms with Crippen molar-refractivity contribution in [2.75, 3.05) is 0 Å². The van der Waals surface area contributed by atoms with Gasteiger partial charge in [0.25, 0.3) is 0 Å². The summed E-state index contributed by atoms with van der Waals surface area (Å²) in [5.41, 5.74) is 9.60. The van der Waals surface area contributed by atoms with Crippen molar-refractivity contribution >= 4 is 0 Å². The molecule has 0 saturated heterocycles. The highest BCUT2D eigenvalue weighted by atomic mass is 14.8. The molecular formula is C15H23N. The highest BCUT2D eigenvalue weighted by molar-refractivity contribution is 5.29. The fraction of sp³-hybridized carbons (Fsp3) is 0.600. The first-order valence-electron chi connectivity index (χ1n) is 6.27. The molecule has 16 heavy (non-hydrogen) atoms. The number of rotatable bonds is 1. The summed E-state index contributed by atoms with van der Waals surface area (Å²) in [4.78, 5) is 0. The third kappa shape index (κ3) is 2.30. The van der Waals surface area contributed by atoms with Gasteiger partial charge < -0.3 is 5.73 Å². The van der Waals surface area contributed by atoms with Crippen LogP contribution in [0.5, 0.6) is 0 Å². The summed E-state index contributed by atoms with van der Waals surface area (Å²) in [7, 11) is 0. The van der Waals surface area contributed by atoms with Crippen LogP contribution in [0.4, 0.5) is 0 Å². The molecule has 0 atom stereocenters. The van der Waals surface area contributed by atoms with Crippen molar-refractivity contribution in [1.29, 1.82) is 0 Å². The van der Waals surface area contributed by atoms with Crippen LogP contribution in [0.3, 0.4) is 0 Å². The molecule has 1 saturated carbocycles. The normalized spacial score (nSPS) is 23.0. The van der Waals surface area contributed by atoms with Crippen LogP contribution in [-0.2, 0) is 5.54 Å². The lowest BCUT2D eigenvalue weighted by Gasteiger charge is -2.41. The molecule has 0 heterocycles. The Morgan fingerprint density at radius 2 is 1.69 bits per heavy atom. The molecular weight excluding hydrogens is 194 g/mol. The number of nitrogens with two attached hydrogens (primary N) is 1. The van der Waals surface area contributed by atoms with E-state index in [9.17, 15) is 0 Å². The summed E-state index contributed by atoms with van der Waals surface area (Å²) in [6.45, 7) is 6.84. The number of hydrogen-bond acceptors (Lipinski definition) is 1. The lowest BCUT2D eigenvalue weighted by molar-refractivity contribution is 0.165. The molecule has 0 amide bonds. The SMILES string of the molecule is Cc1cccc(C2(N)CCC(C)(C)CC2)c1. The van der Waals surface area contributed by atoms with Crippen molar-refractivity contribution < 1.29 is 0 Å². The monoisotopic (exact) mass is 217 g/mol. The van der Waals surface area contributed by atoms with Crippen LogP contribution in [0.1, 0.15) is 50.7 Å². The van der Waals surface area contributed by atoms with Gasteiger partial charge in [-0.05, 0) is 43.6 Å². The first-order valence-corrected chi connectivity index (χ1v) is 6.27. The van der Waals surface area contributed by atoms with Crippen LogP contribution in [0.25, 0.3) is 0 Å². The quantitative estimate of drug-likeness (QED) is 0.761. The van der Waals surface area contributed by atoms with Gasteiger partial charge in [-0.1, -0.05) is 43.7 Å². The minimum atomic E-state index is -0.0818. The average molecular weight is 217 g/mol. The Balaban J connectivity index is 2.21. The van der Waals surface area contributed by atoms with Gasteiger partial charge in [0.2, 0.25) is 0 Å². The molecule has 0 unspecified atom stereocenters. The van der Waals surface area contributed by atoms with Crippen LogP contribution in [0.2, 0.25) is 0 Å². The van der Waals surface area contributed by atoms with Crippen LogP contribution < -0.4 is 5.73 Å². The zero-order valence-corrected chi connectivity index (χ0v) is 10.7. The first-order chi connectivity index (χ1) is 7.41. The maximum atomic E-state index is 6.57. The molecule has 1 aliphatic carbocycles. The largest absolute Gasteiger partial charge is 0.321 e. The Bertz CT molecular complexity index is 369. The van der Waals surface area contributed by atoms with E-state index in [1.54, 1.807) is 0 Å². The molecule has 88 valence electrons. The Hall–Kier alpha value is -0.820. The van der Waals surface area contributed by atoms with Crippen molar-refractivity contribution in [3.8, 4) is 0 Å². The average Bonchev–Trinajstić information content (AvgIpc) is 2.23. The minimum Gasteiger partial charge on any atom is -0.321 e. The van der Waals surface area contributed by atoms with E-state index >= 15 is 0 Å². The van der Waals surface area contributed by atoms with Crippen molar-refractivity contribution in [3.05, 3.63) is 35.4 Å².